The van der Waals surface area contributed by atoms with Crippen molar-refractivity contribution in [1.82, 2.24) is 0 Å². The van der Waals surface area contributed by atoms with Crippen LogP contribution in [0.4, 0.5) is 0 Å². The zero-order valence-corrected chi connectivity index (χ0v) is 4.77. The van der Waals surface area contributed by atoms with Crippen LogP contribution < -0.4 is 0 Å². The van der Waals surface area contributed by atoms with Crippen LogP contribution in [0.1, 0.15) is 0 Å². The molecular formula is C6H9AlNi. The van der Waals surface area contributed by atoms with E-state index in [4.69, 9.17) is 0 Å². The summed E-state index contributed by atoms with van der Waals surface area (Å²) in [5.41, 5.74) is 0. The summed E-state index contributed by atoms with van der Waals surface area (Å²) in [6.45, 7) is 0. The van der Waals surface area contributed by atoms with Gasteiger partial charge in [0.2, 0.25) is 0 Å². The SMILES string of the molecule is [AlH3].[Ni].c1ccccc1. The van der Waals surface area contributed by atoms with E-state index < -0.39 is 0 Å². The number of hydrogen-bond acceptors (Lipinski definition) is 0. The van der Waals surface area contributed by atoms with E-state index >= 15 is 0 Å². The second-order valence-electron chi connectivity index (χ2n) is 1.15. The van der Waals surface area contributed by atoms with Crippen molar-refractivity contribution < 1.29 is 16.5 Å². The zero-order chi connectivity index (χ0) is 4.24. The second-order valence-corrected chi connectivity index (χ2v) is 1.15. The zero-order valence-electron chi connectivity index (χ0n) is 3.78. The third-order valence-electron chi connectivity index (χ3n) is 0.667. The summed E-state index contributed by atoms with van der Waals surface area (Å²) < 4.78 is 0. The summed E-state index contributed by atoms with van der Waals surface area (Å²) in [6, 6.07) is 12.0. The Bertz CT molecular complexity index is 80.5. The molecule has 0 amide bonds. The summed E-state index contributed by atoms with van der Waals surface area (Å²) in [5.74, 6) is 0. The predicted octanol–water partition coefficient (Wildman–Crippen LogP) is 0.500. The van der Waals surface area contributed by atoms with Gasteiger partial charge in [0, 0.05) is 16.5 Å². The summed E-state index contributed by atoms with van der Waals surface area (Å²) in [7, 11) is 0. The van der Waals surface area contributed by atoms with Gasteiger partial charge in [-0.1, -0.05) is 36.4 Å². The third-order valence-corrected chi connectivity index (χ3v) is 0.667. The number of rotatable bonds is 0. The van der Waals surface area contributed by atoms with E-state index in [1.807, 2.05) is 36.4 Å². The summed E-state index contributed by atoms with van der Waals surface area (Å²) in [6.07, 6.45) is 0. The average molecular weight is 167 g/mol. The van der Waals surface area contributed by atoms with Crippen LogP contribution in [0.2, 0.25) is 0 Å². The quantitative estimate of drug-likeness (QED) is 0.493. The minimum absolute atomic E-state index is 0. The fourth-order valence-corrected chi connectivity index (χ4v) is 0.385. The Morgan fingerprint density at radius 3 is 0.750 bits per heavy atom. The molecule has 0 aliphatic rings. The smallest absolute Gasteiger partial charge is 0.0623 e. The fraction of sp³-hybridized carbons (Fsp3) is 0. The predicted molar refractivity (Wildman–Crippen MR) is 36.4 cm³/mol. The molecule has 0 spiro atoms. The van der Waals surface area contributed by atoms with Gasteiger partial charge in [-0.05, 0) is 0 Å². The van der Waals surface area contributed by atoms with Crippen LogP contribution in [0.25, 0.3) is 0 Å². The summed E-state index contributed by atoms with van der Waals surface area (Å²) in [4.78, 5) is 0. The molecule has 1 rings (SSSR count). The minimum Gasteiger partial charge on any atom is -0.0623 e. The molecule has 0 aromatic heterocycles. The Morgan fingerprint density at radius 1 is 0.500 bits per heavy atom. The molecule has 1 aromatic rings. The first-order chi connectivity index (χ1) is 3.00. The topological polar surface area (TPSA) is 0 Å². The van der Waals surface area contributed by atoms with Gasteiger partial charge in [0.25, 0.3) is 0 Å². The molecule has 1 aromatic carbocycles. The first-order valence-electron chi connectivity index (χ1n) is 2.00. The standard InChI is InChI=1S/C6H6.Al.Ni.3H/c1-2-4-6-5-3-1;;;;;/h1-6H;;;;;. The number of benzene rings is 1. The van der Waals surface area contributed by atoms with E-state index in [-0.39, 0.29) is 33.9 Å². The fourth-order valence-electron chi connectivity index (χ4n) is 0.385. The maximum atomic E-state index is 2.00. The van der Waals surface area contributed by atoms with Gasteiger partial charge in [0.1, 0.15) is 0 Å². The Morgan fingerprint density at radius 2 is 0.625 bits per heavy atom. The first-order valence-corrected chi connectivity index (χ1v) is 2.00. The van der Waals surface area contributed by atoms with E-state index in [0.29, 0.717) is 0 Å². The molecule has 2 heteroatoms. The van der Waals surface area contributed by atoms with Crippen LogP contribution in [0.15, 0.2) is 36.4 Å². The minimum atomic E-state index is 0. The van der Waals surface area contributed by atoms with Crippen LogP contribution in [-0.4, -0.2) is 17.4 Å². The average Bonchev–Trinajstić information content (AvgIpc) is 1.72. The van der Waals surface area contributed by atoms with Crippen molar-refractivity contribution in [3.63, 3.8) is 0 Å². The molecule has 0 saturated heterocycles. The normalized spacial score (nSPS) is 6.00. The molecule has 0 heterocycles. The second kappa shape index (κ2) is 7.25. The molecule has 0 N–H and O–H groups in total. The van der Waals surface area contributed by atoms with Gasteiger partial charge in [-0.3, -0.25) is 0 Å². The maximum absolute atomic E-state index is 2.00. The van der Waals surface area contributed by atoms with Crippen LogP contribution >= 0.6 is 0 Å². The van der Waals surface area contributed by atoms with Gasteiger partial charge in [-0.25, -0.2) is 0 Å². The Balaban J connectivity index is 0. The Hall–Kier alpha value is 0.246. The molecule has 0 atom stereocenters. The first kappa shape index (κ1) is 11.1. The van der Waals surface area contributed by atoms with Crippen molar-refractivity contribution in [1.29, 1.82) is 0 Å². The van der Waals surface area contributed by atoms with Gasteiger partial charge in [0.05, 0.1) is 0 Å². The van der Waals surface area contributed by atoms with Crippen molar-refractivity contribution in [2.24, 2.45) is 0 Å². The van der Waals surface area contributed by atoms with Crippen LogP contribution in [0.3, 0.4) is 0 Å². The molecule has 0 aliphatic heterocycles. The molecule has 0 fully saturated rings. The van der Waals surface area contributed by atoms with Crippen LogP contribution in [0, 0.1) is 0 Å². The van der Waals surface area contributed by atoms with Crippen LogP contribution in [0.5, 0.6) is 0 Å². The van der Waals surface area contributed by atoms with E-state index in [1.54, 1.807) is 0 Å². The van der Waals surface area contributed by atoms with Gasteiger partial charge >= 0.3 is 0 Å². The van der Waals surface area contributed by atoms with Crippen LogP contribution in [-0.2, 0) is 16.5 Å². The van der Waals surface area contributed by atoms with Gasteiger partial charge < -0.3 is 0 Å². The summed E-state index contributed by atoms with van der Waals surface area (Å²) >= 11 is 0. The molecule has 0 unspecified atom stereocenters. The Kier molecular flexibility index (Phi) is 10.1. The molecule has 0 bridgehead atoms. The Labute approximate surface area is 70.4 Å². The molecule has 0 nitrogen and oxygen atoms in total. The van der Waals surface area contributed by atoms with E-state index in [0.717, 1.165) is 0 Å². The molecular weight excluding hydrogens is 158 g/mol. The van der Waals surface area contributed by atoms with Crippen molar-refractivity contribution in [3.8, 4) is 0 Å². The largest absolute Gasteiger partial charge is 0.187 e. The number of hydrogen-bond donors (Lipinski definition) is 0. The van der Waals surface area contributed by atoms with Crippen molar-refractivity contribution in [2.75, 3.05) is 0 Å². The van der Waals surface area contributed by atoms with Crippen molar-refractivity contribution in [2.45, 2.75) is 0 Å². The van der Waals surface area contributed by atoms with E-state index in [1.165, 1.54) is 0 Å². The molecule has 0 aliphatic carbocycles. The third kappa shape index (κ3) is 4.41. The van der Waals surface area contributed by atoms with Gasteiger partial charge in [-0.2, -0.15) is 0 Å². The van der Waals surface area contributed by atoms with Gasteiger partial charge in [0.15, 0.2) is 17.4 Å². The monoisotopic (exact) mass is 166 g/mol. The van der Waals surface area contributed by atoms with E-state index in [9.17, 15) is 0 Å². The van der Waals surface area contributed by atoms with E-state index in [2.05, 4.69) is 0 Å². The van der Waals surface area contributed by atoms with Gasteiger partial charge in [-0.15, -0.1) is 0 Å². The van der Waals surface area contributed by atoms with Crippen molar-refractivity contribution >= 4 is 17.4 Å². The van der Waals surface area contributed by atoms with Crippen molar-refractivity contribution in [3.05, 3.63) is 36.4 Å². The maximum Gasteiger partial charge on any atom is 0.187 e. The summed E-state index contributed by atoms with van der Waals surface area (Å²) in [5, 5.41) is 0. The molecule has 0 radical (unpaired) electrons. The molecule has 0 saturated carbocycles. The molecule has 8 heavy (non-hydrogen) atoms. The molecule has 46 valence electrons.